The Morgan fingerprint density at radius 1 is 0.958 bits per heavy atom. The summed E-state index contributed by atoms with van der Waals surface area (Å²) in [6.07, 6.45) is 2.11. The molecule has 3 rings (SSSR count). The van der Waals surface area contributed by atoms with Crippen LogP contribution < -0.4 is 4.90 Å². The summed E-state index contributed by atoms with van der Waals surface area (Å²) in [5, 5.41) is 0. The number of hydrogen-bond donors (Lipinski definition) is 0. The topological polar surface area (TPSA) is 29.5 Å². The number of hydrogen-bond acceptors (Lipinski definition) is 3. The zero-order chi connectivity index (χ0) is 17.1. The number of nitrogens with zero attached hydrogens (tertiary/aromatic N) is 1. The molecular formula is C21H21NO2. The van der Waals surface area contributed by atoms with Crippen molar-refractivity contribution in [2.45, 2.75) is 19.8 Å². The van der Waals surface area contributed by atoms with Crippen LogP contribution in [0.15, 0.2) is 83.7 Å². The van der Waals surface area contributed by atoms with Crippen molar-refractivity contribution < 1.29 is 9.53 Å². The number of carbonyl (C=O) groups excluding carboxylic acids is 1. The summed E-state index contributed by atoms with van der Waals surface area (Å²) in [5.74, 6) is -0.367. The number of allylic oxidation sites excluding steroid dienone is 2. The summed E-state index contributed by atoms with van der Waals surface area (Å²) in [4.78, 5) is 14.6. The van der Waals surface area contributed by atoms with E-state index in [2.05, 4.69) is 30.2 Å². The largest absolute Gasteiger partial charge is 0.466 e. The number of ether oxygens (including phenoxy) is 1. The van der Waals surface area contributed by atoms with Crippen LogP contribution in [0.4, 0.5) is 5.69 Å². The third kappa shape index (κ3) is 2.85. The van der Waals surface area contributed by atoms with E-state index in [1.165, 1.54) is 7.11 Å². The van der Waals surface area contributed by atoms with Crippen LogP contribution in [0.25, 0.3) is 0 Å². The Balaban J connectivity index is 2.15. The molecule has 2 aromatic carbocycles. The van der Waals surface area contributed by atoms with Crippen molar-refractivity contribution >= 4 is 11.7 Å². The normalized spacial score (nSPS) is 17.5. The van der Waals surface area contributed by atoms with E-state index in [1.54, 1.807) is 0 Å². The van der Waals surface area contributed by atoms with Gasteiger partial charge in [0.2, 0.25) is 0 Å². The molecule has 24 heavy (non-hydrogen) atoms. The molecule has 0 spiro atoms. The fourth-order valence-corrected chi connectivity index (χ4v) is 3.25. The third-order valence-corrected chi connectivity index (χ3v) is 4.40. The molecular weight excluding hydrogens is 298 g/mol. The van der Waals surface area contributed by atoms with Crippen LogP contribution in [0.2, 0.25) is 0 Å². The van der Waals surface area contributed by atoms with Crippen molar-refractivity contribution in [1.82, 2.24) is 0 Å². The summed E-state index contributed by atoms with van der Waals surface area (Å²) in [7, 11) is 1.44. The lowest BCUT2D eigenvalue weighted by atomic mass is 9.82. The Kier molecular flexibility index (Phi) is 4.52. The van der Waals surface area contributed by atoms with E-state index in [4.69, 9.17) is 4.74 Å². The second-order valence-electron chi connectivity index (χ2n) is 5.91. The minimum atomic E-state index is -0.283. The van der Waals surface area contributed by atoms with E-state index in [9.17, 15) is 4.79 Å². The zero-order valence-corrected chi connectivity index (χ0v) is 14.2. The molecule has 1 unspecified atom stereocenters. The lowest BCUT2D eigenvalue weighted by Crippen LogP contribution is -2.28. The average molecular weight is 319 g/mol. The Hall–Kier alpha value is -2.81. The molecule has 0 saturated heterocycles. The van der Waals surface area contributed by atoms with Gasteiger partial charge in [-0.05, 0) is 37.1 Å². The van der Waals surface area contributed by atoms with Gasteiger partial charge in [-0.25, -0.2) is 4.79 Å². The number of anilines is 1. The molecule has 0 bridgehead atoms. The van der Waals surface area contributed by atoms with Crippen molar-refractivity contribution in [2.24, 2.45) is 0 Å². The fourth-order valence-electron chi connectivity index (χ4n) is 3.25. The Morgan fingerprint density at radius 2 is 1.54 bits per heavy atom. The SMILES string of the molecule is COC(=O)C1=C(C)N(c2ccccc2)C=C(C)C1c1ccccc1. The minimum Gasteiger partial charge on any atom is -0.466 e. The van der Waals surface area contributed by atoms with E-state index in [0.29, 0.717) is 5.57 Å². The number of carbonyl (C=O) groups is 1. The van der Waals surface area contributed by atoms with Gasteiger partial charge in [-0.1, -0.05) is 48.5 Å². The van der Waals surface area contributed by atoms with Crippen molar-refractivity contribution in [1.29, 1.82) is 0 Å². The van der Waals surface area contributed by atoms with Gasteiger partial charge in [-0.15, -0.1) is 0 Å². The quantitative estimate of drug-likeness (QED) is 0.772. The minimum absolute atomic E-state index is 0.0846. The summed E-state index contributed by atoms with van der Waals surface area (Å²) >= 11 is 0. The predicted octanol–water partition coefficient (Wildman–Crippen LogP) is 4.64. The molecule has 0 N–H and O–H groups in total. The summed E-state index contributed by atoms with van der Waals surface area (Å²) in [5.41, 5.74) is 4.82. The highest BCUT2D eigenvalue weighted by molar-refractivity contribution is 5.93. The maximum atomic E-state index is 12.5. The summed E-state index contributed by atoms with van der Waals surface area (Å²) in [6, 6.07) is 20.1. The molecule has 0 fully saturated rings. The van der Waals surface area contributed by atoms with E-state index in [1.807, 2.05) is 55.5 Å². The molecule has 2 aromatic rings. The summed E-state index contributed by atoms with van der Waals surface area (Å²) < 4.78 is 5.09. The van der Waals surface area contributed by atoms with Crippen LogP contribution in [0.1, 0.15) is 25.3 Å². The molecule has 1 heterocycles. The molecule has 122 valence electrons. The van der Waals surface area contributed by atoms with E-state index >= 15 is 0 Å². The van der Waals surface area contributed by atoms with Crippen LogP contribution in [0.3, 0.4) is 0 Å². The Bertz CT molecular complexity index is 791. The number of esters is 1. The van der Waals surface area contributed by atoms with Gasteiger partial charge in [0, 0.05) is 23.5 Å². The van der Waals surface area contributed by atoms with Gasteiger partial charge in [0.25, 0.3) is 0 Å². The molecule has 0 aliphatic carbocycles. The fraction of sp³-hybridized carbons (Fsp3) is 0.190. The number of methoxy groups -OCH3 is 1. The van der Waals surface area contributed by atoms with Gasteiger partial charge < -0.3 is 9.64 Å². The lowest BCUT2D eigenvalue weighted by Gasteiger charge is -2.34. The Labute approximate surface area is 142 Å². The number of benzene rings is 2. The van der Waals surface area contributed by atoms with Crippen LogP contribution in [0.5, 0.6) is 0 Å². The molecule has 3 nitrogen and oxygen atoms in total. The van der Waals surface area contributed by atoms with Crippen molar-refractivity contribution in [3.8, 4) is 0 Å². The molecule has 3 heteroatoms. The maximum Gasteiger partial charge on any atom is 0.336 e. The van der Waals surface area contributed by atoms with Gasteiger partial charge in [0.1, 0.15) is 0 Å². The van der Waals surface area contributed by atoms with Gasteiger partial charge in [-0.3, -0.25) is 0 Å². The molecule has 1 aliphatic heterocycles. The first-order valence-corrected chi connectivity index (χ1v) is 8.00. The van der Waals surface area contributed by atoms with E-state index in [-0.39, 0.29) is 11.9 Å². The van der Waals surface area contributed by atoms with E-state index in [0.717, 1.165) is 22.5 Å². The molecule has 0 aromatic heterocycles. The first kappa shape index (κ1) is 16.1. The van der Waals surface area contributed by atoms with Gasteiger partial charge in [0.05, 0.1) is 12.7 Å². The van der Waals surface area contributed by atoms with E-state index < -0.39 is 0 Å². The highest BCUT2D eigenvalue weighted by Gasteiger charge is 2.32. The van der Waals surface area contributed by atoms with Crippen molar-refractivity contribution in [2.75, 3.05) is 12.0 Å². The van der Waals surface area contributed by atoms with Gasteiger partial charge in [-0.2, -0.15) is 0 Å². The second kappa shape index (κ2) is 6.75. The highest BCUT2D eigenvalue weighted by Crippen LogP contribution is 2.40. The maximum absolute atomic E-state index is 12.5. The molecule has 0 radical (unpaired) electrons. The van der Waals surface area contributed by atoms with Crippen LogP contribution in [-0.4, -0.2) is 13.1 Å². The molecule has 1 atom stereocenters. The molecule has 0 amide bonds. The van der Waals surface area contributed by atoms with Crippen LogP contribution in [0, 0.1) is 0 Å². The first-order chi connectivity index (χ1) is 11.6. The monoisotopic (exact) mass is 319 g/mol. The highest BCUT2D eigenvalue weighted by atomic mass is 16.5. The molecule has 0 saturated carbocycles. The van der Waals surface area contributed by atoms with Crippen molar-refractivity contribution in [3.05, 3.63) is 89.3 Å². The Morgan fingerprint density at radius 3 is 2.12 bits per heavy atom. The zero-order valence-electron chi connectivity index (χ0n) is 14.2. The third-order valence-electron chi connectivity index (χ3n) is 4.40. The standard InChI is InChI=1S/C21H21NO2/c1-15-14-22(18-12-8-5-9-13-18)16(2)20(21(23)24-3)19(15)17-10-6-4-7-11-17/h4-14,19H,1-3H3. The second-order valence-corrected chi connectivity index (χ2v) is 5.91. The van der Waals surface area contributed by atoms with Gasteiger partial charge >= 0.3 is 5.97 Å². The lowest BCUT2D eigenvalue weighted by molar-refractivity contribution is -0.136. The first-order valence-electron chi connectivity index (χ1n) is 8.00. The smallest absolute Gasteiger partial charge is 0.336 e. The van der Waals surface area contributed by atoms with Crippen LogP contribution in [-0.2, 0) is 9.53 Å². The number of rotatable bonds is 3. The average Bonchev–Trinajstić information content (AvgIpc) is 2.63. The number of para-hydroxylation sites is 1. The van der Waals surface area contributed by atoms with Crippen molar-refractivity contribution in [3.63, 3.8) is 0 Å². The predicted molar refractivity (Wildman–Crippen MR) is 96.6 cm³/mol. The molecule has 1 aliphatic rings. The van der Waals surface area contributed by atoms with Gasteiger partial charge in [0.15, 0.2) is 0 Å². The van der Waals surface area contributed by atoms with Crippen LogP contribution >= 0.6 is 0 Å². The summed E-state index contributed by atoms with van der Waals surface area (Å²) in [6.45, 7) is 4.03.